The number of thioether (sulfide) groups is 1. The van der Waals surface area contributed by atoms with Gasteiger partial charge in [-0.05, 0) is 6.42 Å². The summed E-state index contributed by atoms with van der Waals surface area (Å²) in [6.45, 7) is 2.32. The van der Waals surface area contributed by atoms with Gasteiger partial charge in [0.05, 0.1) is 18.8 Å². The summed E-state index contributed by atoms with van der Waals surface area (Å²) < 4.78 is 39.9. The number of ether oxygens (including phenoxy) is 1. The molecule has 0 saturated heterocycles. The highest BCUT2D eigenvalue weighted by molar-refractivity contribution is 7.99. The van der Waals surface area contributed by atoms with Gasteiger partial charge in [-0.25, -0.2) is 0 Å². The smallest absolute Gasteiger partial charge is 0.389 e. The van der Waals surface area contributed by atoms with E-state index >= 15 is 0 Å². The Morgan fingerprint density at radius 3 is 2.60 bits per heavy atom. The Morgan fingerprint density at radius 2 is 2.07 bits per heavy atom. The largest absolute Gasteiger partial charge is 0.465 e. The number of alkyl halides is 3. The maximum atomic E-state index is 11.7. The minimum Gasteiger partial charge on any atom is -0.465 e. The normalized spacial score (nSPS) is 11.5. The molecular formula is C9H15F3O2S. The van der Waals surface area contributed by atoms with Gasteiger partial charge in [0.1, 0.15) is 0 Å². The third-order valence-corrected chi connectivity index (χ3v) is 2.44. The van der Waals surface area contributed by atoms with Gasteiger partial charge >= 0.3 is 12.1 Å². The number of carbonyl (C=O) groups is 1. The average Bonchev–Trinajstić information content (AvgIpc) is 2.11. The quantitative estimate of drug-likeness (QED) is 0.508. The molecule has 0 aliphatic carbocycles. The first-order chi connectivity index (χ1) is 6.95. The van der Waals surface area contributed by atoms with Crippen LogP contribution in [0.3, 0.4) is 0 Å². The van der Waals surface area contributed by atoms with Crippen LogP contribution >= 0.6 is 11.8 Å². The van der Waals surface area contributed by atoms with Crippen molar-refractivity contribution in [1.82, 2.24) is 0 Å². The van der Waals surface area contributed by atoms with Crippen molar-refractivity contribution in [2.45, 2.75) is 32.4 Å². The van der Waals surface area contributed by atoms with Crippen molar-refractivity contribution in [2.75, 3.05) is 18.1 Å². The molecule has 0 fully saturated rings. The first-order valence-corrected chi connectivity index (χ1v) is 5.91. The van der Waals surface area contributed by atoms with E-state index in [1.54, 1.807) is 0 Å². The Hall–Kier alpha value is -0.390. The zero-order valence-electron chi connectivity index (χ0n) is 8.60. The molecule has 0 aromatic rings. The molecule has 2 nitrogen and oxygen atoms in total. The summed E-state index contributed by atoms with van der Waals surface area (Å²) in [6.07, 6.45) is -3.29. The third-order valence-electron chi connectivity index (χ3n) is 1.51. The van der Waals surface area contributed by atoms with Crippen LogP contribution in [0.5, 0.6) is 0 Å². The minimum absolute atomic E-state index is 0.000204. The molecule has 6 heteroatoms. The van der Waals surface area contributed by atoms with Crippen LogP contribution in [-0.2, 0) is 9.53 Å². The number of esters is 1. The molecule has 0 aromatic carbocycles. The lowest BCUT2D eigenvalue weighted by Gasteiger charge is -2.06. The van der Waals surface area contributed by atoms with Gasteiger partial charge in [-0.1, -0.05) is 13.3 Å². The topological polar surface area (TPSA) is 26.3 Å². The van der Waals surface area contributed by atoms with Crippen LogP contribution in [0.15, 0.2) is 0 Å². The molecule has 15 heavy (non-hydrogen) atoms. The Bertz CT molecular complexity index is 183. The molecular weight excluding hydrogens is 229 g/mol. The monoisotopic (exact) mass is 244 g/mol. The van der Waals surface area contributed by atoms with E-state index in [-0.39, 0.29) is 11.5 Å². The lowest BCUT2D eigenvalue weighted by molar-refractivity contribution is -0.140. The molecule has 0 aliphatic heterocycles. The molecule has 0 spiro atoms. The predicted octanol–water partition coefficient (Wildman–Crippen LogP) is 3.02. The summed E-state index contributed by atoms with van der Waals surface area (Å²) >= 11 is 0.952. The number of hydrogen-bond acceptors (Lipinski definition) is 3. The molecule has 0 bridgehead atoms. The summed E-state index contributed by atoms with van der Waals surface area (Å²) in [5, 5.41) is 0. The van der Waals surface area contributed by atoms with Gasteiger partial charge in [0, 0.05) is 5.75 Å². The van der Waals surface area contributed by atoms with Gasteiger partial charge in [0.25, 0.3) is 0 Å². The molecule has 0 N–H and O–H groups in total. The zero-order valence-corrected chi connectivity index (χ0v) is 9.42. The minimum atomic E-state index is -4.14. The number of carbonyl (C=O) groups excluding carboxylic acids is 1. The first kappa shape index (κ1) is 14.6. The maximum absolute atomic E-state index is 11.7. The van der Waals surface area contributed by atoms with Gasteiger partial charge in [-0.2, -0.15) is 13.2 Å². The Morgan fingerprint density at radius 1 is 1.40 bits per heavy atom. The van der Waals surface area contributed by atoms with Crippen LogP contribution in [0.25, 0.3) is 0 Å². The van der Waals surface area contributed by atoms with Crippen LogP contribution in [0, 0.1) is 0 Å². The van der Waals surface area contributed by atoms with Gasteiger partial charge in [-0.3, -0.25) is 4.79 Å². The van der Waals surface area contributed by atoms with E-state index in [1.165, 1.54) is 0 Å². The van der Waals surface area contributed by atoms with E-state index in [0.717, 1.165) is 24.6 Å². The van der Waals surface area contributed by atoms with E-state index in [1.807, 2.05) is 6.92 Å². The molecule has 0 rings (SSSR count). The molecule has 0 unspecified atom stereocenters. The van der Waals surface area contributed by atoms with E-state index in [9.17, 15) is 18.0 Å². The molecule has 90 valence electrons. The SMILES string of the molecule is CCCCOC(=O)CSCCC(F)(F)F. The number of unbranched alkanes of at least 4 members (excludes halogenated alkanes) is 1. The highest BCUT2D eigenvalue weighted by Gasteiger charge is 2.26. The predicted molar refractivity (Wildman–Crippen MR) is 53.9 cm³/mol. The number of hydrogen-bond donors (Lipinski definition) is 0. The number of halogens is 3. The van der Waals surface area contributed by atoms with Gasteiger partial charge in [-0.15, -0.1) is 11.8 Å². The van der Waals surface area contributed by atoms with Crippen molar-refractivity contribution in [1.29, 1.82) is 0 Å². The third kappa shape index (κ3) is 11.5. The second-order valence-electron chi connectivity index (χ2n) is 2.99. The molecule has 0 amide bonds. The molecule has 0 atom stereocenters. The summed E-state index contributed by atoms with van der Waals surface area (Å²) in [7, 11) is 0. The number of rotatable bonds is 7. The summed E-state index contributed by atoms with van der Waals surface area (Å²) in [5.41, 5.74) is 0. The highest BCUT2D eigenvalue weighted by Crippen LogP contribution is 2.21. The first-order valence-electron chi connectivity index (χ1n) is 4.76. The van der Waals surface area contributed by atoms with Crippen LogP contribution in [0.4, 0.5) is 13.2 Å². The lowest BCUT2D eigenvalue weighted by Crippen LogP contribution is -2.11. The fourth-order valence-corrected chi connectivity index (χ4v) is 1.49. The van der Waals surface area contributed by atoms with Crippen LogP contribution in [-0.4, -0.2) is 30.3 Å². The van der Waals surface area contributed by atoms with E-state index in [2.05, 4.69) is 0 Å². The highest BCUT2D eigenvalue weighted by atomic mass is 32.2. The molecule has 0 saturated carbocycles. The van der Waals surface area contributed by atoms with Crippen molar-refractivity contribution in [2.24, 2.45) is 0 Å². The standard InChI is InChI=1S/C9H15F3O2S/c1-2-3-5-14-8(13)7-15-6-4-9(10,11)12/h2-7H2,1H3. The Kier molecular flexibility index (Phi) is 7.64. The summed E-state index contributed by atoms with van der Waals surface area (Å²) in [5.74, 6) is -0.526. The lowest BCUT2D eigenvalue weighted by atomic mass is 10.4. The summed E-state index contributed by atoms with van der Waals surface area (Å²) in [4.78, 5) is 10.9. The van der Waals surface area contributed by atoms with Crippen molar-refractivity contribution in [3.8, 4) is 0 Å². The van der Waals surface area contributed by atoms with Crippen LogP contribution < -0.4 is 0 Å². The summed E-state index contributed by atoms with van der Waals surface area (Å²) in [6, 6.07) is 0. The van der Waals surface area contributed by atoms with Crippen LogP contribution in [0.2, 0.25) is 0 Å². The van der Waals surface area contributed by atoms with Crippen molar-refractivity contribution < 1.29 is 22.7 Å². The van der Waals surface area contributed by atoms with E-state index in [4.69, 9.17) is 4.74 Å². The van der Waals surface area contributed by atoms with Crippen molar-refractivity contribution in [3.63, 3.8) is 0 Å². The zero-order chi connectivity index (χ0) is 11.7. The van der Waals surface area contributed by atoms with Gasteiger partial charge in [0.15, 0.2) is 0 Å². The molecule has 0 aliphatic rings. The Balaban J connectivity index is 3.32. The second-order valence-corrected chi connectivity index (χ2v) is 4.10. The van der Waals surface area contributed by atoms with Crippen LogP contribution in [0.1, 0.15) is 26.2 Å². The second kappa shape index (κ2) is 7.84. The maximum Gasteiger partial charge on any atom is 0.389 e. The average molecular weight is 244 g/mol. The van der Waals surface area contributed by atoms with E-state index < -0.39 is 18.6 Å². The molecule has 0 radical (unpaired) electrons. The van der Waals surface area contributed by atoms with E-state index in [0.29, 0.717) is 6.61 Å². The fourth-order valence-electron chi connectivity index (χ4n) is 0.715. The van der Waals surface area contributed by atoms with Gasteiger partial charge in [0.2, 0.25) is 0 Å². The van der Waals surface area contributed by atoms with Gasteiger partial charge < -0.3 is 4.74 Å². The molecule has 0 aromatic heterocycles. The van der Waals surface area contributed by atoms with Crippen molar-refractivity contribution in [3.05, 3.63) is 0 Å². The molecule has 0 heterocycles. The fraction of sp³-hybridized carbons (Fsp3) is 0.889. The van der Waals surface area contributed by atoms with Crippen molar-refractivity contribution >= 4 is 17.7 Å². The Labute approximate surface area is 91.6 Å².